The fourth-order valence-electron chi connectivity index (χ4n) is 3.28. The second-order valence-corrected chi connectivity index (χ2v) is 8.42. The molecule has 1 unspecified atom stereocenters. The Hall–Kier alpha value is -3.85. The number of nitrogens with zero attached hydrogens (tertiary/aromatic N) is 1. The van der Waals surface area contributed by atoms with Crippen LogP contribution in [0.15, 0.2) is 59.3 Å². The SMILES string of the molecule is CNC(=O)NCC(C(=O)N(C)C)c1ccc(C(=O)Nc2cc(-c3ccsc3)ccc2N)cc1. The van der Waals surface area contributed by atoms with Crippen molar-refractivity contribution in [3.63, 3.8) is 0 Å². The van der Waals surface area contributed by atoms with Crippen molar-refractivity contribution in [1.82, 2.24) is 15.5 Å². The predicted molar refractivity (Wildman–Crippen MR) is 132 cm³/mol. The molecule has 0 bridgehead atoms. The lowest BCUT2D eigenvalue weighted by Crippen LogP contribution is -2.40. The summed E-state index contributed by atoms with van der Waals surface area (Å²) >= 11 is 1.60. The number of carbonyl (C=O) groups is 3. The molecule has 8 nitrogen and oxygen atoms in total. The van der Waals surface area contributed by atoms with Gasteiger partial charge in [-0.15, -0.1) is 0 Å². The number of benzene rings is 2. The molecule has 3 rings (SSSR count). The van der Waals surface area contributed by atoms with Crippen molar-refractivity contribution in [2.75, 3.05) is 38.7 Å². The number of nitrogens with two attached hydrogens (primary N) is 1. The summed E-state index contributed by atoms with van der Waals surface area (Å²) in [6, 6.07) is 13.9. The predicted octanol–water partition coefficient (Wildman–Crippen LogP) is 3.35. The van der Waals surface area contributed by atoms with Gasteiger partial charge in [-0.25, -0.2) is 4.79 Å². The molecular weight excluding hydrogens is 438 g/mol. The molecule has 172 valence electrons. The summed E-state index contributed by atoms with van der Waals surface area (Å²) in [5.74, 6) is -1.04. The number of nitrogens with one attached hydrogen (secondary N) is 3. The van der Waals surface area contributed by atoms with Gasteiger partial charge in [0.15, 0.2) is 0 Å². The Morgan fingerprint density at radius 1 is 1.03 bits per heavy atom. The van der Waals surface area contributed by atoms with Gasteiger partial charge < -0.3 is 26.6 Å². The molecule has 4 amide bonds. The minimum Gasteiger partial charge on any atom is -0.397 e. The van der Waals surface area contributed by atoms with Crippen molar-refractivity contribution in [1.29, 1.82) is 0 Å². The highest BCUT2D eigenvalue weighted by atomic mass is 32.1. The van der Waals surface area contributed by atoms with Crippen molar-refractivity contribution in [3.8, 4) is 11.1 Å². The molecule has 0 saturated carbocycles. The first-order valence-electron chi connectivity index (χ1n) is 10.3. The standard InChI is InChI=1S/C24H27N5O3S/c1-26-24(32)27-13-19(23(31)29(2)3)15-4-6-16(7-5-15)22(30)28-21-12-17(8-9-20(21)25)18-10-11-33-14-18/h4-12,14,19H,13,25H2,1-3H3,(H,28,30)(H2,26,27,32). The van der Waals surface area contributed by atoms with Crippen LogP contribution in [0, 0.1) is 0 Å². The summed E-state index contributed by atoms with van der Waals surface area (Å²) in [5.41, 5.74) is 10.2. The van der Waals surface area contributed by atoms with E-state index in [9.17, 15) is 14.4 Å². The number of hydrogen-bond donors (Lipinski definition) is 4. The molecule has 1 heterocycles. The van der Waals surface area contributed by atoms with Gasteiger partial charge in [-0.1, -0.05) is 18.2 Å². The Morgan fingerprint density at radius 3 is 2.36 bits per heavy atom. The number of thiophene rings is 1. The monoisotopic (exact) mass is 465 g/mol. The Labute approximate surface area is 196 Å². The van der Waals surface area contributed by atoms with E-state index in [4.69, 9.17) is 5.73 Å². The Balaban J connectivity index is 1.77. The summed E-state index contributed by atoms with van der Waals surface area (Å²) in [7, 11) is 4.83. The van der Waals surface area contributed by atoms with Gasteiger partial charge in [-0.05, 0) is 57.8 Å². The zero-order valence-corrected chi connectivity index (χ0v) is 19.5. The highest BCUT2D eigenvalue weighted by molar-refractivity contribution is 7.08. The molecule has 9 heteroatoms. The fourth-order valence-corrected chi connectivity index (χ4v) is 3.94. The molecule has 0 fully saturated rings. The third kappa shape index (κ3) is 5.89. The van der Waals surface area contributed by atoms with Gasteiger partial charge in [-0.2, -0.15) is 11.3 Å². The van der Waals surface area contributed by atoms with Crippen LogP contribution in [-0.2, 0) is 4.79 Å². The largest absolute Gasteiger partial charge is 0.397 e. The molecule has 0 aliphatic heterocycles. The van der Waals surface area contributed by atoms with Crippen LogP contribution >= 0.6 is 11.3 Å². The smallest absolute Gasteiger partial charge is 0.314 e. The fraction of sp³-hybridized carbons (Fsp3) is 0.208. The lowest BCUT2D eigenvalue weighted by Gasteiger charge is -2.21. The van der Waals surface area contributed by atoms with Crippen LogP contribution in [0.2, 0.25) is 0 Å². The van der Waals surface area contributed by atoms with E-state index in [0.717, 1.165) is 11.1 Å². The van der Waals surface area contributed by atoms with E-state index in [1.807, 2.05) is 29.0 Å². The summed E-state index contributed by atoms with van der Waals surface area (Å²) in [6.07, 6.45) is 0. The van der Waals surface area contributed by atoms with Crippen molar-refractivity contribution in [2.24, 2.45) is 0 Å². The number of carbonyl (C=O) groups excluding carboxylic acids is 3. The van der Waals surface area contributed by atoms with Gasteiger partial charge in [0.05, 0.1) is 17.3 Å². The number of likely N-dealkylation sites (N-methyl/N-ethyl adjacent to an activating group) is 1. The molecule has 33 heavy (non-hydrogen) atoms. The van der Waals surface area contributed by atoms with Gasteiger partial charge in [0.2, 0.25) is 5.91 Å². The minimum atomic E-state index is -0.577. The van der Waals surface area contributed by atoms with E-state index in [1.165, 1.54) is 11.9 Å². The Morgan fingerprint density at radius 2 is 1.76 bits per heavy atom. The number of amides is 4. The highest BCUT2D eigenvalue weighted by Gasteiger charge is 2.23. The molecule has 2 aromatic carbocycles. The summed E-state index contributed by atoms with van der Waals surface area (Å²) < 4.78 is 0. The van der Waals surface area contributed by atoms with Crippen LogP contribution in [0.5, 0.6) is 0 Å². The van der Waals surface area contributed by atoms with Crippen LogP contribution in [0.3, 0.4) is 0 Å². The first kappa shape index (κ1) is 23.8. The van der Waals surface area contributed by atoms with Crippen LogP contribution in [-0.4, -0.2) is 50.4 Å². The first-order valence-corrected chi connectivity index (χ1v) is 11.2. The quantitative estimate of drug-likeness (QED) is 0.400. The average molecular weight is 466 g/mol. The van der Waals surface area contributed by atoms with Gasteiger partial charge in [-0.3, -0.25) is 9.59 Å². The van der Waals surface area contributed by atoms with Crippen LogP contribution < -0.4 is 21.7 Å². The van der Waals surface area contributed by atoms with Gasteiger partial charge >= 0.3 is 6.03 Å². The molecule has 5 N–H and O–H groups in total. The van der Waals surface area contributed by atoms with E-state index in [1.54, 1.807) is 55.8 Å². The molecule has 0 aliphatic carbocycles. The first-order chi connectivity index (χ1) is 15.8. The average Bonchev–Trinajstić information content (AvgIpc) is 3.35. The number of anilines is 2. The van der Waals surface area contributed by atoms with Crippen molar-refractivity contribution < 1.29 is 14.4 Å². The maximum Gasteiger partial charge on any atom is 0.314 e. The molecule has 1 atom stereocenters. The van der Waals surface area contributed by atoms with Crippen LogP contribution in [0.1, 0.15) is 21.8 Å². The maximum absolute atomic E-state index is 12.8. The third-order valence-corrected chi connectivity index (χ3v) is 5.85. The topological polar surface area (TPSA) is 117 Å². The van der Waals surface area contributed by atoms with Crippen LogP contribution in [0.25, 0.3) is 11.1 Å². The van der Waals surface area contributed by atoms with E-state index in [0.29, 0.717) is 22.5 Å². The second-order valence-electron chi connectivity index (χ2n) is 7.64. The second kappa shape index (κ2) is 10.6. The van der Waals surface area contributed by atoms with Gasteiger partial charge in [0.1, 0.15) is 0 Å². The summed E-state index contributed by atoms with van der Waals surface area (Å²) in [5, 5.41) is 12.0. The lowest BCUT2D eigenvalue weighted by atomic mass is 9.96. The van der Waals surface area contributed by atoms with E-state index >= 15 is 0 Å². The molecular formula is C24H27N5O3S. The molecule has 1 aromatic heterocycles. The van der Waals surface area contributed by atoms with Crippen molar-refractivity contribution in [2.45, 2.75) is 5.92 Å². The Bertz CT molecular complexity index is 1130. The normalized spacial score (nSPS) is 11.4. The summed E-state index contributed by atoms with van der Waals surface area (Å²) in [4.78, 5) is 38.5. The van der Waals surface area contributed by atoms with Crippen molar-refractivity contribution >= 4 is 40.6 Å². The number of nitrogen functional groups attached to an aromatic ring is 1. The number of urea groups is 1. The summed E-state index contributed by atoms with van der Waals surface area (Å²) in [6.45, 7) is 0.133. The van der Waals surface area contributed by atoms with E-state index in [-0.39, 0.29) is 24.4 Å². The van der Waals surface area contributed by atoms with Gasteiger partial charge in [0, 0.05) is 33.3 Å². The zero-order valence-electron chi connectivity index (χ0n) is 18.7. The van der Waals surface area contributed by atoms with Crippen LogP contribution in [0.4, 0.5) is 16.2 Å². The lowest BCUT2D eigenvalue weighted by molar-refractivity contribution is -0.130. The third-order valence-electron chi connectivity index (χ3n) is 5.16. The van der Waals surface area contributed by atoms with Crippen molar-refractivity contribution in [3.05, 3.63) is 70.4 Å². The molecule has 0 spiro atoms. The molecule has 0 saturated heterocycles. The van der Waals surface area contributed by atoms with E-state index < -0.39 is 5.92 Å². The number of rotatable bonds is 7. The minimum absolute atomic E-state index is 0.133. The van der Waals surface area contributed by atoms with E-state index in [2.05, 4.69) is 16.0 Å². The molecule has 0 aliphatic rings. The maximum atomic E-state index is 12.8. The molecule has 0 radical (unpaired) electrons. The molecule has 3 aromatic rings. The number of hydrogen-bond acceptors (Lipinski definition) is 5. The Kier molecular flexibility index (Phi) is 7.68. The highest BCUT2D eigenvalue weighted by Crippen LogP contribution is 2.29. The zero-order chi connectivity index (χ0) is 24.0. The van der Waals surface area contributed by atoms with Gasteiger partial charge in [0.25, 0.3) is 5.91 Å².